The molecule has 0 unspecified atom stereocenters. The predicted molar refractivity (Wildman–Crippen MR) is 198 cm³/mol. The Kier molecular flexibility index (Phi) is 8.77. The summed E-state index contributed by atoms with van der Waals surface area (Å²) in [5.74, 6) is 0.0991. The molecule has 0 amide bonds. The van der Waals surface area contributed by atoms with Crippen molar-refractivity contribution in [3.05, 3.63) is 94.4 Å². The minimum absolute atomic E-state index is 0.304. The summed E-state index contributed by atoms with van der Waals surface area (Å²) in [5, 5.41) is 30.6. The van der Waals surface area contributed by atoms with E-state index in [2.05, 4.69) is 66.2 Å². The number of aliphatic hydroxyl groups excluding tert-OH is 1. The number of aromatic nitrogens is 2. The molecule has 3 aliphatic rings. The van der Waals surface area contributed by atoms with Gasteiger partial charge in [0.1, 0.15) is 17.5 Å². The van der Waals surface area contributed by atoms with Crippen LogP contribution in [0.2, 0.25) is 0 Å². The van der Waals surface area contributed by atoms with Crippen LogP contribution in [0.4, 0.5) is 0 Å². The minimum Gasteiger partial charge on any atom is -0.481 e. The second-order valence-corrected chi connectivity index (χ2v) is 14.2. The van der Waals surface area contributed by atoms with Gasteiger partial charge in [0.25, 0.3) is 0 Å². The summed E-state index contributed by atoms with van der Waals surface area (Å²) in [7, 11) is 1.61. The lowest BCUT2D eigenvalue weighted by atomic mass is 9.90. The second-order valence-electron chi connectivity index (χ2n) is 14.2. The number of methoxy groups -OCH3 is 1. The predicted octanol–water partition coefficient (Wildman–Crippen LogP) is 6.98. The Labute approximate surface area is 302 Å². The lowest BCUT2D eigenvalue weighted by molar-refractivity contribution is -0.141. The van der Waals surface area contributed by atoms with Crippen molar-refractivity contribution < 1.29 is 24.2 Å². The molecular formula is C42H41N5O5. The van der Waals surface area contributed by atoms with Crippen molar-refractivity contribution in [1.29, 1.82) is 5.26 Å². The first-order chi connectivity index (χ1) is 25.2. The molecule has 2 aromatic heterocycles. The van der Waals surface area contributed by atoms with Gasteiger partial charge in [-0.15, -0.1) is 0 Å². The molecule has 3 aromatic carbocycles. The van der Waals surface area contributed by atoms with Crippen LogP contribution in [0.15, 0.2) is 65.3 Å². The average Bonchev–Trinajstić information content (AvgIpc) is 3.96. The molecule has 10 heteroatoms. The highest BCUT2D eigenvalue weighted by Gasteiger charge is 2.30. The summed E-state index contributed by atoms with van der Waals surface area (Å²) in [6, 6.07) is 19.0. The van der Waals surface area contributed by atoms with Crippen LogP contribution >= 0.6 is 0 Å². The number of furan rings is 1. The quantitative estimate of drug-likeness (QED) is 0.175. The zero-order valence-electron chi connectivity index (χ0n) is 29.6. The number of fused-ring (bicyclic) bond motifs is 2. The van der Waals surface area contributed by atoms with Crippen LogP contribution in [0.3, 0.4) is 0 Å². The molecule has 52 heavy (non-hydrogen) atoms. The van der Waals surface area contributed by atoms with Crippen LogP contribution in [0.5, 0.6) is 5.88 Å². The highest BCUT2D eigenvalue weighted by Crippen LogP contribution is 2.43. The van der Waals surface area contributed by atoms with Gasteiger partial charge < -0.3 is 24.3 Å². The van der Waals surface area contributed by atoms with Gasteiger partial charge in [-0.25, -0.2) is 4.98 Å². The summed E-state index contributed by atoms with van der Waals surface area (Å²) >= 11 is 0. The fourth-order valence-corrected chi connectivity index (χ4v) is 8.24. The topological polar surface area (TPSA) is 136 Å². The molecule has 4 heterocycles. The molecule has 0 radical (unpaired) electrons. The van der Waals surface area contributed by atoms with Crippen molar-refractivity contribution in [2.45, 2.75) is 52.2 Å². The normalized spacial score (nSPS) is 19.4. The van der Waals surface area contributed by atoms with Gasteiger partial charge in [-0.05, 0) is 90.6 Å². The number of carbonyl (C=O) groups is 1. The van der Waals surface area contributed by atoms with E-state index in [1.165, 1.54) is 0 Å². The third kappa shape index (κ3) is 6.00. The Hall–Kier alpha value is -5.50. The van der Waals surface area contributed by atoms with Crippen molar-refractivity contribution in [2.75, 3.05) is 33.3 Å². The number of hydrogen-bond acceptors (Lipinski definition) is 9. The van der Waals surface area contributed by atoms with Gasteiger partial charge >= 0.3 is 5.97 Å². The summed E-state index contributed by atoms with van der Waals surface area (Å²) in [4.78, 5) is 25.4. The van der Waals surface area contributed by atoms with Crippen LogP contribution in [-0.4, -0.2) is 75.3 Å². The molecule has 10 nitrogen and oxygen atoms in total. The summed E-state index contributed by atoms with van der Waals surface area (Å²) in [5.41, 5.74) is 12.0. The number of nitrogens with zero attached hydrogens (tertiary/aromatic N) is 5. The fraction of sp³-hybridized carbons (Fsp3) is 0.333. The van der Waals surface area contributed by atoms with E-state index in [0.717, 1.165) is 99.2 Å². The van der Waals surface area contributed by atoms with Crippen LogP contribution in [-0.2, 0) is 17.8 Å². The van der Waals surface area contributed by atoms with Gasteiger partial charge in [-0.2, -0.15) is 5.26 Å². The van der Waals surface area contributed by atoms with Crippen LogP contribution in [0, 0.1) is 31.1 Å². The molecule has 0 spiro atoms. The maximum atomic E-state index is 11.5. The van der Waals surface area contributed by atoms with Gasteiger partial charge in [-0.3, -0.25) is 14.7 Å². The van der Waals surface area contributed by atoms with Crippen LogP contribution in [0.25, 0.3) is 50.3 Å². The lowest BCUT2D eigenvalue weighted by Gasteiger charge is -2.17. The maximum absolute atomic E-state index is 11.5. The van der Waals surface area contributed by atoms with E-state index in [4.69, 9.17) is 19.1 Å². The molecule has 8 rings (SSSR count). The monoisotopic (exact) mass is 695 g/mol. The third-order valence-corrected chi connectivity index (χ3v) is 11.0. The van der Waals surface area contributed by atoms with E-state index < -0.39 is 5.97 Å². The van der Waals surface area contributed by atoms with Gasteiger partial charge in [0.2, 0.25) is 5.88 Å². The van der Waals surface area contributed by atoms with E-state index in [-0.39, 0.29) is 12.0 Å². The molecular weight excluding hydrogens is 654 g/mol. The highest BCUT2D eigenvalue weighted by molar-refractivity contribution is 5.94. The van der Waals surface area contributed by atoms with E-state index in [9.17, 15) is 20.3 Å². The van der Waals surface area contributed by atoms with Crippen molar-refractivity contribution in [1.82, 2.24) is 19.8 Å². The maximum Gasteiger partial charge on any atom is 0.308 e. The first-order valence-electron chi connectivity index (χ1n) is 17.9. The van der Waals surface area contributed by atoms with Gasteiger partial charge in [-0.1, -0.05) is 36.4 Å². The summed E-state index contributed by atoms with van der Waals surface area (Å²) in [6.45, 7) is 7.44. The Morgan fingerprint density at radius 3 is 2.46 bits per heavy atom. The molecule has 0 bridgehead atoms. The standard InChI is InChI=1S/C42H41N5O5/c1-24-30(6-4-8-32(24)37-19-44-38(41(45-37)51-3)23-47-15-13-29(48)22-47)31-7-5-9-33(25(31)2)39-17-28-16-35-26(20-46-14-12-27(21-46)42(49)50)10-11-34(35)36(18-43)40(28)52-39/h4-9,16-17,19-20,27,29,48H,10-15,21-23H2,1-3H3,(H,49,50)/b26-20+/t27-,29-/m1/s1. The smallest absolute Gasteiger partial charge is 0.308 e. The zero-order valence-corrected chi connectivity index (χ0v) is 29.6. The zero-order chi connectivity index (χ0) is 36.1. The molecule has 2 atom stereocenters. The largest absolute Gasteiger partial charge is 0.481 e. The molecule has 0 saturated carbocycles. The third-order valence-electron chi connectivity index (χ3n) is 11.0. The highest BCUT2D eigenvalue weighted by atomic mass is 16.5. The van der Waals surface area contributed by atoms with E-state index in [1.54, 1.807) is 13.3 Å². The van der Waals surface area contributed by atoms with E-state index in [0.29, 0.717) is 48.8 Å². The average molecular weight is 696 g/mol. The Morgan fingerprint density at radius 1 is 1.02 bits per heavy atom. The number of β-amino-alcohol motifs (C(OH)–C–C–N with tert-alkyl or cyclic N) is 1. The molecule has 2 N–H and O–H groups in total. The molecule has 264 valence electrons. The Balaban J connectivity index is 1.12. The van der Waals surface area contributed by atoms with Crippen LogP contribution in [0.1, 0.15) is 52.8 Å². The van der Waals surface area contributed by atoms with Crippen molar-refractivity contribution in [3.63, 3.8) is 0 Å². The van der Waals surface area contributed by atoms with Gasteiger partial charge in [0.15, 0.2) is 5.58 Å². The number of benzene rings is 3. The van der Waals surface area contributed by atoms with Crippen molar-refractivity contribution in [3.8, 4) is 45.7 Å². The number of hydrogen-bond donors (Lipinski definition) is 2. The molecule has 2 fully saturated rings. The molecule has 5 aromatic rings. The number of ether oxygens (including phenoxy) is 1. The number of rotatable bonds is 8. The van der Waals surface area contributed by atoms with Crippen molar-refractivity contribution >= 4 is 22.5 Å². The van der Waals surface area contributed by atoms with Crippen LogP contribution < -0.4 is 4.74 Å². The number of carboxylic acid groups (broad SMARTS) is 1. The van der Waals surface area contributed by atoms with Gasteiger partial charge in [0.05, 0.1) is 36.6 Å². The first-order valence-corrected chi connectivity index (χ1v) is 17.9. The number of likely N-dealkylation sites (tertiary alicyclic amines) is 2. The van der Waals surface area contributed by atoms with E-state index >= 15 is 0 Å². The number of aliphatic hydroxyl groups is 1. The minimum atomic E-state index is -0.745. The van der Waals surface area contributed by atoms with E-state index in [1.807, 2.05) is 18.2 Å². The molecule has 1 aliphatic carbocycles. The SMILES string of the molecule is COc1nc(-c2cccc(-c3cccc(-c4cc5cc6c(c(C#N)c5o4)CC/C6=C\N4CC[C@@H](C(=O)O)C4)c3C)c2C)cnc1CN1CC[C@@H](O)C1. The molecule has 2 aliphatic heterocycles. The fourth-order valence-electron chi connectivity index (χ4n) is 8.24. The van der Waals surface area contributed by atoms with Gasteiger partial charge in [0, 0.05) is 55.4 Å². The Bertz CT molecular complexity index is 2300. The number of nitriles is 1. The summed E-state index contributed by atoms with van der Waals surface area (Å²) < 4.78 is 12.2. The lowest BCUT2D eigenvalue weighted by Crippen LogP contribution is -2.22. The Morgan fingerprint density at radius 2 is 1.77 bits per heavy atom. The molecule has 2 saturated heterocycles. The number of carboxylic acids is 1. The second kappa shape index (κ2) is 13.6. The number of aliphatic carboxylic acids is 1. The number of allylic oxidation sites excluding steroid dienone is 1. The summed E-state index contributed by atoms with van der Waals surface area (Å²) in [6.07, 6.45) is 6.56. The first kappa shape index (κ1) is 33.6. The van der Waals surface area contributed by atoms with Crippen molar-refractivity contribution in [2.24, 2.45) is 5.92 Å².